The van der Waals surface area contributed by atoms with Crippen molar-refractivity contribution in [3.8, 4) is 0 Å². The van der Waals surface area contributed by atoms with Crippen LogP contribution >= 0.6 is 0 Å². The Morgan fingerprint density at radius 1 is 1.53 bits per heavy atom. The summed E-state index contributed by atoms with van der Waals surface area (Å²) in [6.07, 6.45) is 3.20. The molecule has 1 aliphatic heterocycles. The van der Waals surface area contributed by atoms with E-state index in [2.05, 4.69) is 5.32 Å². The molecule has 0 saturated carbocycles. The number of rotatable bonds is 4. The lowest BCUT2D eigenvalue weighted by molar-refractivity contribution is 0.479. The van der Waals surface area contributed by atoms with Gasteiger partial charge in [-0.15, -0.1) is 0 Å². The Labute approximate surface area is 89.6 Å². The van der Waals surface area contributed by atoms with Gasteiger partial charge in [0.05, 0.1) is 23.8 Å². The van der Waals surface area contributed by atoms with Crippen molar-refractivity contribution in [2.24, 2.45) is 0 Å². The van der Waals surface area contributed by atoms with Gasteiger partial charge in [-0.3, -0.25) is 0 Å². The minimum absolute atomic E-state index is 0.201. The summed E-state index contributed by atoms with van der Waals surface area (Å²) in [7, 11) is -2.82. The Morgan fingerprint density at radius 2 is 2.40 bits per heavy atom. The van der Waals surface area contributed by atoms with E-state index in [1.165, 1.54) is 0 Å². The Balaban J connectivity index is 1.79. The molecule has 5 heteroatoms. The van der Waals surface area contributed by atoms with Gasteiger partial charge in [-0.2, -0.15) is 0 Å². The highest BCUT2D eigenvalue weighted by Gasteiger charge is 2.30. The van der Waals surface area contributed by atoms with Crippen LogP contribution in [-0.4, -0.2) is 26.0 Å². The molecule has 15 heavy (non-hydrogen) atoms. The zero-order valence-corrected chi connectivity index (χ0v) is 9.29. The van der Waals surface area contributed by atoms with Crippen molar-refractivity contribution in [2.45, 2.75) is 24.6 Å². The molecule has 0 bridgehead atoms. The van der Waals surface area contributed by atoms with Gasteiger partial charge in [-0.05, 0) is 25.0 Å². The minimum atomic E-state index is -2.82. The molecule has 1 aliphatic rings. The van der Waals surface area contributed by atoms with Gasteiger partial charge in [0.15, 0.2) is 9.84 Å². The molecule has 1 fully saturated rings. The lowest BCUT2D eigenvalue weighted by atomic mass is 10.2. The van der Waals surface area contributed by atoms with Gasteiger partial charge in [-0.25, -0.2) is 8.42 Å². The zero-order valence-electron chi connectivity index (χ0n) is 8.48. The molecular weight excluding hydrogens is 214 g/mol. The van der Waals surface area contributed by atoms with Gasteiger partial charge in [-0.1, -0.05) is 0 Å². The molecule has 1 unspecified atom stereocenters. The maximum absolute atomic E-state index is 11.5. The fourth-order valence-electron chi connectivity index (χ4n) is 1.86. The van der Waals surface area contributed by atoms with E-state index in [1.807, 2.05) is 12.1 Å². The third-order valence-electron chi connectivity index (χ3n) is 2.71. The van der Waals surface area contributed by atoms with Crippen molar-refractivity contribution in [2.75, 3.05) is 12.3 Å². The Kier molecular flexibility index (Phi) is 3.11. The second-order valence-corrected chi connectivity index (χ2v) is 6.24. The summed E-state index contributed by atoms with van der Waals surface area (Å²) in [5, 5.41) is 2.91. The Hall–Kier alpha value is -0.810. The molecule has 2 rings (SSSR count). The highest BCUT2D eigenvalue weighted by atomic mass is 32.2. The second kappa shape index (κ2) is 4.37. The number of sulfone groups is 1. The van der Waals surface area contributed by atoms with Gasteiger partial charge < -0.3 is 9.73 Å². The molecule has 84 valence electrons. The van der Waals surface area contributed by atoms with Gasteiger partial charge in [0.2, 0.25) is 0 Å². The second-order valence-electron chi connectivity index (χ2n) is 3.84. The van der Waals surface area contributed by atoms with Crippen LogP contribution in [0.15, 0.2) is 22.8 Å². The monoisotopic (exact) mass is 229 g/mol. The number of nitrogens with one attached hydrogen (secondary N) is 1. The molecule has 2 heterocycles. The summed E-state index contributed by atoms with van der Waals surface area (Å²) in [4.78, 5) is 0. The van der Waals surface area contributed by atoms with Crippen molar-refractivity contribution in [1.82, 2.24) is 5.32 Å². The van der Waals surface area contributed by atoms with E-state index in [0.29, 0.717) is 18.8 Å². The quantitative estimate of drug-likeness (QED) is 0.835. The third kappa shape index (κ3) is 2.60. The maximum atomic E-state index is 11.5. The average molecular weight is 229 g/mol. The smallest absolute Gasteiger partial charge is 0.154 e. The predicted octanol–water partition coefficient (Wildman–Crippen LogP) is 0.946. The molecule has 1 atom stereocenters. The summed E-state index contributed by atoms with van der Waals surface area (Å²) in [6, 6.07) is 3.69. The van der Waals surface area contributed by atoms with Crippen LogP contribution < -0.4 is 5.32 Å². The summed E-state index contributed by atoms with van der Waals surface area (Å²) < 4.78 is 28.1. The summed E-state index contributed by atoms with van der Waals surface area (Å²) >= 11 is 0. The molecule has 4 nitrogen and oxygen atoms in total. The average Bonchev–Trinajstić information content (AvgIpc) is 2.77. The first-order valence-corrected chi connectivity index (χ1v) is 6.85. The topological polar surface area (TPSA) is 59.3 Å². The van der Waals surface area contributed by atoms with Crippen LogP contribution in [0.3, 0.4) is 0 Å². The van der Waals surface area contributed by atoms with Crippen molar-refractivity contribution >= 4 is 9.84 Å². The van der Waals surface area contributed by atoms with Gasteiger partial charge in [0.25, 0.3) is 0 Å². The third-order valence-corrected chi connectivity index (χ3v) is 4.99. The van der Waals surface area contributed by atoms with Crippen LogP contribution in [0.4, 0.5) is 0 Å². The molecule has 0 aliphatic carbocycles. The van der Waals surface area contributed by atoms with Gasteiger partial charge in [0, 0.05) is 6.54 Å². The van der Waals surface area contributed by atoms with Crippen LogP contribution in [0.2, 0.25) is 0 Å². The van der Waals surface area contributed by atoms with Crippen LogP contribution in [0.25, 0.3) is 0 Å². The highest BCUT2D eigenvalue weighted by molar-refractivity contribution is 7.92. The molecule has 0 amide bonds. The number of hydrogen-bond donors (Lipinski definition) is 1. The van der Waals surface area contributed by atoms with Gasteiger partial charge in [0.1, 0.15) is 5.76 Å². The lowest BCUT2D eigenvalue weighted by Crippen LogP contribution is -2.30. The van der Waals surface area contributed by atoms with E-state index in [-0.39, 0.29) is 5.25 Å². The molecule has 0 aromatic carbocycles. The van der Waals surface area contributed by atoms with Crippen molar-refractivity contribution in [1.29, 1.82) is 0 Å². The fraction of sp³-hybridized carbons (Fsp3) is 0.600. The van der Waals surface area contributed by atoms with Gasteiger partial charge >= 0.3 is 0 Å². The Bertz CT molecular complexity index is 396. The van der Waals surface area contributed by atoms with E-state index >= 15 is 0 Å². The number of furan rings is 1. The van der Waals surface area contributed by atoms with E-state index in [4.69, 9.17) is 4.42 Å². The molecular formula is C10H15NO3S. The summed E-state index contributed by atoms with van der Waals surface area (Å²) in [5.74, 6) is 1.19. The van der Waals surface area contributed by atoms with Crippen molar-refractivity contribution in [3.05, 3.63) is 24.2 Å². The molecule has 0 radical (unpaired) electrons. The molecule has 0 spiro atoms. The summed E-state index contributed by atoms with van der Waals surface area (Å²) in [5.41, 5.74) is 0. The Morgan fingerprint density at radius 3 is 3.00 bits per heavy atom. The molecule has 1 aromatic rings. The maximum Gasteiger partial charge on any atom is 0.154 e. The van der Waals surface area contributed by atoms with Crippen molar-refractivity contribution < 1.29 is 12.8 Å². The van der Waals surface area contributed by atoms with Crippen LogP contribution in [-0.2, 0) is 16.4 Å². The lowest BCUT2D eigenvalue weighted by Gasteiger charge is -2.09. The molecule has 1 N–H and O–H groups in total. The molecule has 1 aromatic heterocycles. The minimum Gasteiger partial charge on any atom is -0.468 e. The van der Waals surface area contributed by atoms with E-state index in [1.54, 1.807) is 6.26 Å². The highest BCUT2D eigenvalue weighted by Crippen LogP contribution is 2.19. The largest absolute Gasteiger partial charge is 0.468 e. The fourth-order valence-corrected chi connectivity index (χ4v) is 3.66. The first-order valence-electron chi connectivity index (χ1n) is 5.13. The number of hydrogen-bond acceptors (Lipinski definition) is 4. The van der Waals surface area contributed by atoms with Crippen LogP contribution in [0.5, 0.6) is 0 Å². The summed E-state index contributed by atoms with van der Waals surface area (Å²) in [6.45, 7) is 1.13. The standard InChI is InChI=1S/C10H15NO3S/c12-15(13)6-2-4-10(15)8-11-7-9-3-1-5-14-9/h1,3,5,10-11H,2,4,6-8H2. The van der Waals surface area contributed by atoms with E-state index < -0.39 is 9.84 Å². The van der Waals surface area contributed by atoms with E-state index in [0.717, 1.165) is 18.6 Å². The SMILES string of the molecule is O=S1(=O)CCCC1CNCc1ccco1. The molecule has 1 saturated heterocycles. The van der Waals surface area contributed by atoms with Crippen molar-refractivity contribution in [3.63, 3.8) is 0 Å². The van der Waals surface area contributed by atoms with E-state index in [9.17, 15) is 8.42 Å². The normalized spacial score (nSPS) is 24.4. The zero-order chi connectivity index (χ0) is 10.7. The first-order chi connectivity index (χ1) is 7.18. The van der Waals surface area contributed by atoms with Crippen LogP contribution in [0, 0.1) is 0 Å². The first kappa shape index (κ1) is 10.7. The predicted molar refractivity (Wildman–Crippen MR) is 57.2 cm³/mol. The van der Waals surface area contributed by atoms with Crippen LogP contribution in [0.1, 0.15) is 18.6 Å².